The normalized spacial score (nSPS) is 13.3. The molecule has 0 atom stereocenters. The second-order valence-corrected chi connectivity index (χ2v) is 8.54. The molecule has 0 saturated heterocycles. The Morgan fingerprint density at radius 2 is 1.90 bits per heavy atom. The van der Waals surface area contributed by atoms with Crippen molar-refractivity contribution in [1.29, 1.82) is 0 Å². The van der Waals surface area contributed by atoms with Gasteiger partial charge in [0.2, 0.25) is 0 Å². The lowest BCUT2D eigenvalue weighted by atomic mass is 10.0. The molecule has 0 aliphatic heterocycles. The number of benzene rings is 2. The van der Waals surface area contributed by atoms with Crippen LogP contribution in [0.5, 0.6) is 5.75 Å². The summed E-state index contributed by atoms with van der Waals surface area (Å²) in [6.45, 7) is 0.472. The van der Waals surface area contributed by atoms with Gasteiger partial charge >= 0.3 is 0 Å². The quantitative estimate of drug-likeness (QED) is 0.475. The Balaban J connectivity index is 1.60. The molecule has 4 rings (SSSR count). The van der Waals surface area contributed by atoms with Gasteiger partial charge in [0.25, 0.3) is 5.91 Å². The molecule has 30 heavy (non-hydrogen) atoms. The number of amides is 1. The van der Waals surface area contributed by atoms with Crippen LogP contribution in [0.15, 0.2) is 48.5 Å². The zero-order chi connectivity index (χ0) is 20.9. The van der Waals surface area contributed by atoms with E-state index in [2.05, 4.69) is 10.6 Å². The molecule has 0 fully saturated rings. The number of thiophene rings is 1. The smallest absolute Gasteiger partial charge is 0.258 e. The molecule has 1 heterocycles. The number of methoxy groups -OCH3 is 1. The van der Waals surface area contributed by atoms with Crippen LogP contribution in [0.25, 0.3) is 0 Å². The largest absolute Gasteiger partial charge is 0.497 e. The zero-order valence-electron chi connectivity index (χ0n) is 17.0. The fourth-order valence-corrected chi connectivity index (χ4v) is 5.09. The van der Waals surface area contributed by atoms with E-state index in [1.165, 1.54) is 23.4 Å². The van der Waals surface area contributed by atoms with E-state index in [0.29, 0.717) is 6.54 Å². The zero-order valence-corrected chi connectivity index (χ0v) is 17.8. The Morgan fingerprint density at radius 3 is 2.67 bits per heavy atom. The van der Waals surface area contributed by atoms with E-state index in [1.54, 1.807) is 24.5 Å². The summed E-state index contributed by atoms with van der Waals surface area (Å²) in [5.41, 5.74) is 3.46. The molecule has 0 bridgehead atoms. The maximum Gasteiger partial charge on any atom is 0.258 e. The summed E-state index contributed by atoms with van der Waals surface area (Å²) in [6.07, 6.45) is 5.35. The first kappa shape index (κ1) is 20.4. The molecule has 0 radical (unpaired) electrons. The number of nitrogens with one attached hydrogen (secondary N) is 2. The molecule has 4 nitrogen and oxygen atoms in total. The summed E-state index contributed by atoms with van der Waals surface area (Å²) in [4.78, 5) is 14.6. The summed E-state index contributed by atoms with van der Waals surface area (Å²) >= 11 is 1.66. The Labute approximate surface area is 180 Å². The van der Waals surface area contributed by atoms with Crippen molar-refractivity contribution in [2.75, 3.05) is 17.7 Å². The fourth-order valence-electron chi connectivity index (χ4n) is 3.80. The number of ether oxygens (including phenoxy) is 1. The van der Waals surface area contributed by atoms with Crippen LogP contribution in [0.4, 0.5) is 15.1 Å². The van der Waals surface area contributed by atoms with Crippen molar-refractivity contribution >= 4 is 27.9 Å². The van der Waals surface area contributed by atoms with Crippen LogP contribution < -0.4 is 15.4 Å². The van der Waals surface area contributed by atoms with Crippen molar-refractivity contribution in [3.63, 3.8) is 0 Å². The van der Waals surface area contributed by atoms with Crippen molar-refractivity contribution in [1.82, 2.24) is 0 Å². The van der Waals surface area contributed by atoms with Crippen molar-refractivity contribution in [3.05, 3.63) is 75.9 Å². The van der Waals surface area contributed by atoms with Crippen LogP contribution in [0.3, 0.4) is 0 Å². The lowest BCUT2D eigenvalue weighted by Crippen LogP contribution is -2.15. The minimum absolute atomic E-state index is 0.110. The minimum atomic E-state index is -0.256. The summed E-state index contributed by atoms with van der Waals surface area (Å²) in [6, 6.07) is 13.9. The highest BCUT2D eigenvalue weighted by atomic mass is 32.1. The Bertz CT molecular complexity index is 1030. The van der Waals surface area contributed by atoms with E-state index in [9.17, 15) is 9.18 Å². The highest BCUT2D eigenvalue weighted by molar-refractivity contribution is 7.16. The van der Waals surface area contributed by atoms with Crippen molar-refractivity contribution in [2.45, 2.75) is 38.6 Å². The van der Waals surface area contributed by atoms with Gasteiger partial charge in [0.15, 0.2) is 0 Å². The highest BCUT2D eigenvalue weighted by Crippen LogP contribution is 2.38. The van der Waals surface area contributed by atoms with E-state index in [4.69, 9.17) is 4.74 Å². The molecule has 3 aromatic rings. The van der Waals surface area contributed by atoms with Crippen LogP contribution >= 0.6 is 11.3 Å². The first-order chi connectivity index (χ1) is 14.6. The summed E-state index contributed by atoms with van der Waals surface area (Å²) < 4.78 is 18.7. The first-order valence-electron chi connectivity index (χ1n) is 10.2. The molecule has 1 aromatic heterocycles. The Hall–Kier alpha value is -2.86. The third-order valence-corrected chi connectivity index (χ3v) is 6.59. The van der Waals surface area contributed by atoms with Crippen molar-refractivity contribution in [3.8, 4) is 5.75 Å². The van der Waals surface area contributed by atoms with Crippen LogP contribution in [0.1, 0.15) is 45.6 Å². The van der Waals surface area contributed by atoms with E-state index >= 15 is 0 Å². The molecular formula is C24H25FN2O2S. The van der Waals surface area contributed by atoms with Gasteiger partial charge < -0.3 is 15.4 Å². The standard InChI is InChI=1S/C24H25FN2O2S/c1-29-19-12-10-18(11-13-19)27-23(28)22-20-8-3-2-4-9-21(20)30-24(22)26-15-16-6-5-7-17(25)14-16/h5-7,10-14,26H,2-4,8-9,15H2,1H3,(H,27,28). The lowest BCUT2D eigenvalue weighted by Gasteiger charge is -2.11. The molecule has 1 aliphatic carbocycles. The number of fused-ring (bicyclic) bond motifs is 1. The number of aryl methyl sites for hydroxylation is 1. The second kappa shape index (κ2) is 9.30. The average molecular weight is 425 g/mol. The molecule has 156 valence electrons. The maximum absolute atomic E-state index is 13.5. The van der Waals surface area contributed by atoms with Crippen LogP contribution in [-0.4, -0.2) is 13.0 Å². The number of anilines is 2. The molecule has 2 aromatic carbocycles. The average Bonchev–Trinajstić information content (AvgIpc) is 2.94. The number of hydrogen-bond acceptors (Lipinski definition) is 4. The molecule has 0 spiro atoms. The van der Waals surface area contributed by atoms with Gasteiger partial charge in [-0.05, 0) is 73.2 Å². The lowest BCUT2D eigenvalue weighted by molar-refractivity contribution is 0.102. The van der Waals surface area contributed by atoms with Gasteiger partial charge in [0.05, 0.1) is 12.7 Å². The first-order valence-corrected chi connectivity index (χ1v) is 11.0. The molecule has 1 aliphatic rings. The molecule has 0 saturated carbocycles. The summed E-state index contributed by atoms with van der Waals surface area (Å²) in [7, 11) is 1.62. The number of carbonyl (C=O) groups excluding carboxylic acids is 1. The predicted octanol–water partition coefficient (Wildman–Crippen LogP) is 6.03. The predicted molar refractivity (Wildman–Crippen MR) is 120 cm³/mol. The van der Waals surface area contributed by atoms with Crippen molar-refractivity contribution < 1.29 is 13.9 Å². The van der Waals surface area contributed by atoms with Gasteiger partial charge in [0.1, 0.15) is 16.6 Å². The van der Waals surface area contributed by atoms with Gasteiger partial charge in [-0.3, -0.25) is 4.79 Å². The molecule has 6 heteroatoms. The third kappa shape index (κ3) is 4.65. The van der Waals surface area contributed by atoms with Crippen LogP contribution in [0, 0.1) is 5.82 Å². The Kier molecular flexibility index (Phi) is 6.33. The van der Waals surface area contributed by atoms with E-state index < -0.39 is 0 Å². The van der Waals surface area contributed by atoms with Crippen LogP contribution in [-0.2, 0) is 19.4 Å². The highest BCUT2D eigenvalue weighted by Gasteiger charge is 2.24. The Morgan fingerprint density at radius 1 is 1.10 bits per heavy atom. The molecule has 1 amide bonds. The van der Waals surface area contributed by atoms with Gasteiger partial charge in [-0.25, -0.2) is 4.39 Å². The van der Waals surface area contributed by atoms with Gasteiger partial charge in [-0.2, -0.15) is 0 Å². The number of halogens is 1. The van der Waals surface area contributed by atoms with Gasteiger partial charge in [-0.1, -0.05) is 18.6 Å². The minimum Gasteiger partial charge on any atom is -0.497 e. The van der Waals surface area contributed by atoms with Gasteiger partial charge in [-0.15, -0.1) is 11.3 Å². The topological polar surface area (TPSA) is 50.4 Å². The fraction of sp³-hybridized carbons (Fsp3) is 0.292. The summed E-state index contributed by atoms with van der Waals surface area (Å²) in [5, 5.41) is 7.27. The van der Waals surface area contributed by atoms with Crippen LogP contribution in [0.2, 0.25) is 0 Å². The molecule has 0 unspecified atom stereocenters. The van der Waals surface area contributed by atoms with E-state index in [0.717, 1.165) is 58.8 Å². The third-order valence-electron chi connectivity index (χ3n) is 5.34. The van der Waals surface area contributed by atoms with E-state index in [-0.39, 0.29) is 11.7 Å². The van der Waals surface area contributed by atoms with E-state index in [1.807, 2.05) is 30.3 Å². The summed E-state index contributed by atoms with van der Waals surface area (Å²) in [5.74, 6) is 0.380. The molecular weight excluding hydrogens is 399 g/mol. The second-order valence-electron chi connectivity index (χ2n) is 7.43. The SMILES string of the molecule is COc1ccc(NC(=O)c2c(NCc3cccc(F)c3)sc3c2CCCCC3)cc1. The number of hydrogen-bond donors (Lipinski definition) is 2. The maximum atomic E-state index is 13.5. The molecule has 2 N–H and O–H groups in total. The number of carbonyl (C=O) groups is 1. The number of rotatable bonds is 6. The van der Waals surface area contributed by atoms with Crippen molar-refractivity contribution in [2.24, 2.45) is 0 Å². The van der Waals surface area contributed by atoms with Gasteiger partial charge in [0, 0.05) is 17.1 Å². The monoisotopic (exact) mass is 424 g/mol.